The predicted molar refractivity (Wildman–Crippen MR) is 173 cm³/mol. The molecule has 3 N–H and O–H groups in total. The highest BCUT2D eigenvalue weighted by atomic mass is 16.6. The average molecular weight is 599 g/mol. The van der Waals surface area contributed by atoms with Crippen molar-refractivity contribution in [3.8, 4) is 0 Å². The fraction of sp³-hybridized carbons (Fsp3) is 0.972. The molecule has 0 saturated carbocycles. The Kier molecular flexibility index (Phi) is 26.1. The number of aliphatic hydroxyl groups is 3. The predicted octanol–water partition coefficient (Wildman–Crippen LogP) is 9.16. The van der Waals surface area contributed by atoms with Crippen LogP contribution in [0.2, 0.25) is 0 Å². The monoisotopic (exact) mass is 599 g/mol. The Morgan fingerprint density at radius 3 is 1.33 bits per heavy atom. The van der Waals surface area contributed by atoms with E-state index in [1.807, 2.05) is 0 Å². The van der Waals surface area contributed by atoms with Crippen molar-refractivity contribution < 1.29 is 29.6 Å². The molecule has 5 atom stereocenters. The average Bonchev–Trinajstić information content (AvgIpc) is 2.98. The van der Waals surface area contributed by atoms with Gasteiger partial charge in [-0.2, -0.15) is 0 Å². The molecule has 5 unspecified atom stereocenters. The molecule has 0 radical (unpaired) electrons. The topological polar surface area (TPSA) is 96.2 Å². The summed E-state index contributed by atoms with van der Waals surface area (Å²) in [5.74, 6) is -0.329. The zero-order valence-electron chi connectivity index (χ0n) is 27.8. The van der Waals surface area contributed by atoms with Gasteiger partial charge in [0, 0.05) is 6.42 Å². The second-order valence-electron chi connectivity index (χ2n) is 13.1. The van der Waals surface area contributed by atoms with E-state index in [0.717, 1.165) is 38.5 Å². The Bertz CT molecular complexity index is 599. The summed E-state index contributed by atoms with van der Waals surface area (Å²) < 4.78 is 10.9. The van der Waals surface area contributed by atoms with E-state index in [9.17, 15) is 20.1 Å². The van der Waals surface area contributed by atoms with Crippen molar-refractivity contribution in [2.45, 2.75) is 212 Å². The number of rotatable bonds is 29. The van der Waals surface area contributed by atoms with Crippen molar-refractivity contribution in [3.05, 3.63) is 0 Å². The van der Waals surface area contributed by atoms with Gasteiger partial charge < -0.3 is 24.8 Å². The SMILES string of the molecule is CCCCCCCCCCCCCCCC(CCCCCCCCCCCCC)C(=O)OCC1OC(O)C(O)CC1O. The first-order valence-electron chi connectivity index (χ1n) is 18.4. The molecular weight excluding hydrogens is 528 g/mol. The summed E-state index contributed by atoms with van der Waals surface area (Å²) in [6.07, 6.45) is 28.7. The third kappa shape index (κ3) is 21.1. The van der Waals surface area contributed by atoms with Gasteiger partial charge in [-0.15, -0.1) is 0 Å². The first kappa shape index (κ1) is 39.3. The number of esters is 1. The van der Waals surface area contributed by atoms with Gasteiger partial charge in [-0.3, -0.25) is 4.79 Å². The minimum atomic E-state index is -1.35. The fourth-order valence-electron chi connectivity index (χ4n) is 6.15. The molecule has 1 heterocycles. The molecule has 1 aliphatic heterocycles. The van der Waals surface area contributed by atoms with Crippen molar-refractivity contribution >= 4 is 5.97 Å². The van der Waals surface area contributed by atoms with Crippen LogP contribution in [0.15, 0.2) is 0 Å². The van der Waals surface area contributed by atoms with Crippen molar-refractivity contribution in [2.75, 3.05) is 6.61 Å². The van der Waals surface area contributed by atoms with E-state index in [1.54, 1.807) is 0 Å². The van der Waals surface area contributed by atoms with Crippen LogP contribution in [0, 0.1) is 5.92 Å². The molecule has 0 aliphatic carbocycles. The van der Waals surface area contributed by atoms with Gasteiger partial charge in [0.2, 0.25) is 0 Å². The van der Waals surface area contributed by atoms with Gasteiger partial charge in [0.05, 0.1) is 12.0 Å². The molecule has 1 aliphatic rings. The van der Waals surface area contributed by atoms with Gasteiger partial charge >= 0.3 is 5.97 Å². The number of ether oxygens (including phenoxy) is 2. The Hall–Kier alpha value is -0.690. The largest absolute Gasteiger partial charge is 0.463 e. The van der Waals surface area contributed by atoms with Crippen LogP contribution in [0.4, 0.5) is 0 Å². The van der Waals surface area contributed by atoms with Gasteiger partial charge in [-0.1, -0.05) is 168 Å². The van der Waals surface area contributed by atoms with Crippen LogP contribution in [0.5, 0.6) is 0 Å². The van der Waals surface area contributed by atoms with Crippen LogP contribution in [-0.4, -0.2) is 52.5 Å². The summed E-state index contributed by atoms with van der Waals surface area (Å²) in [6, 6.07) is 0. The van der Waals surface area contributed by atoms with Gasteiger partial charge in [0.25, 0.3) is 0 Å². The molecule has 0 aromatic heterocycles. The summed E-state index contributed by atoms with van der Waals surface area (Å²) in [5.41, 5.74) is 0. The Morgan fingerprint density at radius 1 is 0.595 bits per heavy atom. The van der Waals surface area contributed by atoms with Crippen LogP contribution >= 0.6 is 0 Å². The van der Waals surface area contributed by atoms with Crippen LogP contribution in [0.1, 0.15) is 187 Å². The van der Waals surface area contributed by atoms with E-state index in [2.05, 4.69) is 13.8 Å². The third-order valence-corrected chi connectivity index (χ3v) is 9.09. The highest BCUT2D eigenvalue weighted by Gasteiger charge is 2.36. The smallest absolute Gasteiger partial charge is 0.309 e. The first-order valence-corrected chi connectivity index (χ1v) is 18.4. The van der Waals surface area contributed by atoms with Gasteiger partial charge in [-0.25, -0.2) is 0 Å². The van der Waals surface area contributed by atoms with Crippen LogP contribution in [0.3, 0.4) is 0 Å². The van der Waals surface area contributed by atoms with Crippen LogP contribution in [0.25, 0.3) is 0 Å². The Labute approximate surface area is 259 Å². The summed E-state index contributed by atoms with van der Waals surface area (Å²) >= 11 is 0. The second-order valence-corrected chi connectivity index (χ2v) is 13.1. The number of carbonyl (C=O) groups is 1. The number of unbranched alkanes of at least 4 members (excludes halogenated alkanes) is 22. The molecule has 0 bridgehead atoms. The molecule has 1 saturated heterocycles. The maximum atomic E-state index is 13.0. The minimum Gasteiger partial charge on any atom is -0.463 e. The molecule has 1 fully saturated rings. The summed E-state index contributed by atoms with van der Waals surface area (Å²) in [4.78, 5) is 13.0. The number of hydrogen-bond acceptors (Lipinski definition) is 6. The lowest BCUT2D eigenvalue weighted by molar-refractivity contribution is -0.253. The normalized spacial score (nSPS) is 21.5. The van der Waals surface area contributed by atoms with Gasteiger partial charge in [0.15, 0.2) is 6.29 Å². The van der Waals surface area contributed by atoms with Crippen molar-refractivity contribution in [1.29, 1.82) is 0 Å². The Morgan fingerprint density at radius 2 is 0.952 bits per heavy atom. The number of aliphatic hydroxyl groups excluding tert-OH is 3. The van der Waals surface area contributed by atoms with E-state index in [0.29, 0.717) is 0 Å². The molecule has 1 rings (SSSR count). The highest BCUT2D eigenvalue weighted by Crippen LogP contribution is 2.23. The lowest BCUT2D eigenvalue weighted by Crippen LogP contribution is -2.49. The van der Waals surface area contributed by atoms with E-state index < -0.39 is 24.6 Å². The van der Waals surface area contributed by atoms with Crippen LogP contribution < -0.4 is 0 Å². The fourth-order valence-corrected chi connectivity index (χ4v) is 6.15. The summed E-state index contributed by atoms with van der Waals surface area (Å²) in [6.45, 7) is 4.44. The molecule has 0 amide bonds. The molecule has 0 aromatic rings. The molecule has 6 nitrogen and oxygen atoms in total. The molecule has 6 heteroatoms. The highest BCUT2D eigenvalue weighted by molar-refractivity contribution is 5.72. The van der Waals surface area contributed by atoms with E-state index in [-0.39, 0.29) is 24.9 Å². The maximum absolute atomic E-state index is 13.0. The first-order chi connectivity index (χ1) is 20.5. The zero-order chi connectivity index (χ0) is 30.7. The minimum absolute atomic E-state index is 0.0184. The van der Waals surface area contributed by atoms with E-state index in [4.69, 9.17) is 9.47 Å². The van der Waals surface area contributed by atoms with Gasteiger partial charge in [-0.05, 0) is 12.8 Å². The lowest BCUT2D eigenvalue weighted by atomic mass is 9.94. The standard InChI is InChI=1S/C36H70O6/c1-3-5-7-9-11-13-15-16-18-20-22-24-26-28-31(27-25-23-21-19-17-14-12-10-8-6-4-2)35(39)41-30-34-32(37)29-33(38)36(40)42-34/h31-34,36-38,40H,3-30H2,1-2H3. The van der Waals surface area contributed by atoms with Gasteiger partial charge in [0.1, 0.15) is 18.8 Å². The zero-order valence-corrected chi connectivity index (χ0v) is 27.8. The molecular formula is C36H70O6. The second kappa shape index (κ2) is 27.8. The van der Waals surface area contributed by atoms with Crippen molar-refractivity contribution in [1.82, 2.24) is 0 Å². The summed E-state index contributed by atoms with van der Waals surface area (Å²) in [7, 11) is 0. The lowest BCUT2D eigenvalue weighted by Gasteiger charge is -2.34. The third-order valence-electron chi connectivity index (χ3n) is 9.09. The molecule has 0 aromatic carbocycles. The number of hydrogen-bond donors (Lipinski definition) is 3. The maximum Gasteiger partial charge on any atom is 0.309 e. The van der Waals surface area contributed by atoms with E-state index in [1.165, 1.54) is 128 Å². The van der Waals surface area contributed by atoms with Crippen LogP contribution in [-0.2, 0) is 14.3 Å². The van der Waals surface area contributed by atoms with Crippen molar-refractivity contribution in [2.24, 2.45) is 5.92 Å². The summed E-state index contributed by atoms with van der Waals surface area (Å²) in [5, 5.41) is 29.6. The Balaban J connectivity index is 2.27. The number of carbonyl (C=O) groups excluding carboxylic acids is 1. The van der Waals surface area contributed by atoms with E-state index >= 15 is 0 Å². The quantitative estimate of drug-likeness (QED) is 0.0587. The van der Waals surface area contributed by atoms with Crippen molar-refractivity contribution in [3.63, 3.8) is 0 Å². The molecule has 0 spiro atoms. The molecule has 250 valence electrons. The molecule has 42 heavy (non-hydrogen) atoms.